The van der Waals surface area contributed by atoms with Crippen LogP contribution in [0.1, 0.15) is 24.8 Å². The summed E-state index contributed by atoms with van der Waals surface area (Å²) in [5.74, 6) is -1.54. The van der Waals surface area contributed by atoms with Crippen LogP contribution in [0.3, 0.4) is 0 Å². The van der Waals surface area contributed by atoms with Gasteiger partial charge in [-0.2, -0.15) is 5.26 Å². The molecule has 3 rings (SSSR count). The van der Waals surface area contributed by atoms with Crippen molar-refractivity contribution in [2.45, 2.75) is 24.7 Å². The maximum atomic E-state index is 12.1. The topological polar surface area (TPSA) is 67.2 Å². The lowest BCUT2D eigenvalue weighted by molar-refractivity contribution is -0.151. The summed E-state index contributed by atoms with van der Waals surface area (Å²) >= 11 is 0. The summed E-state index contributed by atoms with van der Waals surface area (Å²) < 4.78 is 4.75. The van der Waals surface area contributed by atoms with Gasteiger partial charge in [0.2, 0.25) is 0 Å². The normalized spacial score (nSPS) is 24.2. The van der Waals surface area contributed by atoms with Crippen molar-refractivity contribution < 1.29 is 14.3 Å². The van der Waals surface area contributed by atoms with Crippen LogP contribution in [0.15, 0.2) is 42.5 Å². The molecule has 0 amide bonds. The van der Waals surface area contributed by atoms with Crippen LogP contribution >= 0.6 is 0 Å². The lowest BCUT2D eigenvalue weighted by atomic mass is 9.65. The number of hydrogen-bond donors (Lipinski definition) is 0. The Morgan fingerprint density at radius 1 is 1.26 bits per heavy atom. The Morgan fingerprint density at radius 2 is 2.00 bits per heavy atom. The van der Waals surface area contributed by atoms with Crippen molar-refractivity contribution in [2.24, 2.45) is 5.92 Å². The van der Waals surface area contributed by atoms with E-state index in [-0.39, 0.29) is 18.6 Å². The standard InChI is InChI=1S/C19H17NO3/c1-23-18(22)15-11-19(12-20,10-9-17(15)21)16-8-4-6-13-5-2-3-7-14(13)16/h2-8,15H,9-11H2,1H3/t15-,19+/m1/s1. The molecule has 1 aliphatic carbocycles. The zero-order chi connectivity index (χ0) is 16.4. The molecular weight excluding hydrogens is 290 g/mol. The molecule has 2 aromatic rings. The summed E-state index contributed by atoms with van der Waals surface area (Å²) in [5.41, 5.74) is 0.0488. The van der Waals surface area contributed by atoms with E-state index in [9.17, 15) is 14.9 Å². The molecule has 1 fully saturated rings. The summed E-state index contributed by atoms with van der Waals surface area (Å²) in [5, 5.41) is 11.9. The monoisotopic (exact) mass is 307 g/mol. The van der Waals surface area contributed by atoms with Gasteiger partial charge in [0.1, 0.15) is 11.7 Å². The highest BCUT2D eigenvalue weighted by Gasteiger charge is 2.45. The number of benzene rings is 2. The Kier molecular flexibility index (Phi) is 3.87. The molecule has 0 saturated heterocycles. The number of esters is 1. The Morgan fingerprint density at radius 3 is 2.74 bits per heavy atom. The highest BCUT2D eigenvalue weighted by molar-refractivity contribution is 6.00. The number of carbonyl (C=O) groups is 2. The Hall–Kier alpha value is -2.67. The number of methoxy groups -OCH3 is 1. The first-order valence-corrected chi connectivity index (χ1v) is 7.61. The molecule has 0 bridgehead atoms. The second-order valence-electron chi connectivity index (χ2n) is 5.97. The second kappa shape index (κ2) is 5.85. The Labute approximate surface area is 134 Å². The first-order valence-electron chi connectivity index (χ1n) is 7.61. The molecule has 1 aliphatic rings. The predicted molar refractivity (Wildman–Crippen MR) is 85.6 cm³/mol. The molecule has 4 heteroatoms. The van der Waals surface area contributed by atoms with Crippen LogP contribution in [-0.2, 0) is 19.7 Å². The molecule has 23 heavy (non-hydrogen) atoms. The second-order valence-corrected chi connectivity index (χ2v) is 5.97. The van der Waals surface area contributed by atoms with Gasteiger partial charge in [-0.3, -0.25) is 9.59 Å². The van der Waals surface area contributed by atoms with Gasteiger partial charge in [0, 0.05) is 6.42 Å². The first kappa shape index (κ1) is 15.2. The van der Waals surface area contributed by atoms with E-state index in [0.29, 0.717) is 6.42 Å². The molecule has 1 saturated carbocycles. The molecule has 2 atom stereocenters. The molecule has 2 aromatic carbocycles. The van der Waals surface area contributed by atoms with Crippen LogP contribution < -0.4 is 0 Å². The van der Waals surface area contributed by atoms with Gasteiger partial charge in [0.15, 0.2) is 0 Å². The van der Waals surface area contributed by atoms with Crippen LogP contribution in [0.25, 0.3) is 10.8 Å². The number of fused-ring (bicyclic) bond motifs is 1. The van der Waals surface area contributed by atoms with Gasteiger partial charge in [-0.1, -0.05) is 42.5 Å². The smallest absolute Gasteiger partial charge is 0.316 e. The lowest BCUT2D eigenvalue weighted by Gasteiger charge is -2.34. The molecule has 0 unspecified atom stereocenters. The largest absolute Gasteiger partial charge is 0.468 e. The van der Waals surface area contributed by atoms with Gasteiger partial charge in [-0.05, 0) is 29.2 Å². The van der Waals surface area contributed by atoms with Gasteiger partial charge in [-0.25, -0.2) is 0 Å². The maximum absolute atomic E-state index is 12.1. The van der Waals surface area contributed by atoms with Crippen molar-refractivity contribution in [3.63, 3.8) is 0 Å². The van der Waals surface area contributed by atoms with Gasteiger partial charge in [-0.15, -0.1) is 0 Å². The number of hydrogen-bond acceptors (Lipinski definition) is 4. The first-order chi connectivity index (χ1) is 11.1. The van der Waals surface area contributed by atoms with Crippen LogP contribution in [0.2, 0.25) is 0 Å². The fourth-order valence-corrected chi connectivity index (χ4v) is 3.48. The van der Waals surface area contributed by atoms with E-state index >= 15 is 0 Å². The minimum Gasteiger partial charge on any atom is -0.468 e. The zero-order valence-electron chi connectivity index (χ0n) is 12.9. The minimum absolute atomic E-state index is 0.136. The summed E-state index contributed by atoms with van der Waals surface area (Å²) in [6.45, 7) is 0. The van der Waals surface area contributed by atoms with Gasteiger partial charge < -0.3 is 4.74 Å². The number of nitriles is 1. The average molecular weight is 307 g/mol. The molecule has 0 spiro atoms. The molecule has 116 valence electrons. The van der Waals surface area contributed by atoms with Gasteiger partial charge >= 0.3 is 5.97 Å². The van der Waals surface area contributed by atoms with E-state index in [2.05, 4.69) is 6.07 Å². The van der Waals surface area contributed by atoms with E-state index in [1.165, 1.54) is 7.11 Å². The van der Waals surface area contributed by atoms with Crippen LogP contribution in [0.4, 0.5) is 0 Å². The molecule has 0 heterocycles. The number of ketones is 1. The van der Waals surface area contributed by atoms with Crippen molar-refractivity contribution in [1.82, 2.24) is 0 Å². The summed E-state index contributed by atoms with van der Waals surface area (Å²) in [6, 6.07) is 16.1. The Bertz CT molecular complexity index is 807. The van der Waals surface area contributed by atoms with E-state index in [1.807, 2.05) is 42.5 Å². The number of carbonyl (C=O) groups excluding carboxylic acids is 2. The molecule has 0 aromatic heterocycles. The number of nitrogens with zero attached hydrogens (tertiary/aromatic N) is 1. The molecule has 0 radical (unpaired) electrons. The number of Topliss-reactive ketones (excluding diaryl/α,β-unsaturated/α-hetero) is 1. The summed E-state index contributed by atoms with van der Waals surface area (Å²) in [4.78, 5) is 24.0. The van der Waals surface area contributed by atoms with E-state index < -0.39 is 17.3 Å². The third kappa shape index (κ3) is 2.49. The van der Waals surface area contributed by atoms with E-state index in [1.54, 1.807) is 0 Å². The van der Waals surface area contributed by atoms with Crippen LogP contribution in [0.5, 0.6) is 0 Å². The van der Waals surface area contributed by atoms with E-state index in [4.69, 9.17) is 4.74 Å². The lowest BCUT2D eigenvalue weighted by Crippen LogP contribution is -2.40. The third-order valence-electron chi connectivity index (χ3n) is 4.74. The molecule has 0 N–H and O–H groups in total. The van der Waals surface area contributed by atoms with Crippen LogP contribution in [-0.4, -0.2) is 18.9 Å². The fraction of sp³-hybridized carbons (Fsp3) is 0.316. The molecule has 4 nitrogen and oxygen atoms in total. The highest BCUT2D eigenvalue weighted by Crippen LogP contribution is 2.43. The Balaban J connectivity index is 2.12. The molecular formula is C19H17NO3. The van der Waals surface area contributed by atoms with Gasteiger partial charge in [0.25, 0.3) is 0 Å². The van der Waals surface area contributed by atoms with Crippen LogP contribution in [0, 0.1) is 17.2 Å². The minimum atomic E-state index is -0.854. The van der Waals surface area contributed by atoms with E-state index in [0.717, 1.165) is 16.3 Å². The third-order valence-corrected chi connectivity index (χ3v) is 4.74. The predicted octanol–water partition coefficient (Wildman–Crippen LogP) is 3.14. The molecule has 0 aliphatic heterocycles. The zero-order valence-corrected chi connectivity index (χ0v) is 12.9. The van der Waals surface area contributed by atoms with Crippen molar-refractivity contribution in [3.8, 4) is 6.07 Å². The summed E-state index contributed by atoms with van der Waals surface area (Å²) in [6.07, 6.45) is 0.837. The average Bonchev–Trinajstić information content (AvgIpc) is 2.61. The quantitative estimate of drug-likeness (QED) is 0.631. The van der Waals surface area contributed by atoms with Crippen molar-refractivity contribution in [2.75, 3.05) is 7.11 Å². The number of rotatable bonds is 2. The number of ether oxygens (including phenoxy) is 1. The highest BCUT2D eigenvalue weighted by atomic mass is 16.5. The van der Waals surface area contributed by atoms with Gasteiger partial charge in [0.05, 0.1) is 18.6 Å². The SMILES string of the molecule is COC(=O)[C@@H]1C[C@@](C#N)(c2cccc3ccccc23)CCC1=O. The van der Waals surface area contributed by atoms with Crippen molar-refractivity contribution in [1.29, 1.82) is 5.26 Å². The van der Waals surface area contributed by atoms with Crippen molar-refractivity contribution >= 4 is 22.5 Å². The van der Waals surface area contributed by atoms with Crippen molar-refractivity contribution in [3.05, 3.63) is 48.0 Å². The fourth-order valence-electron chi connectivity index (χ4n) is 3.48. The maximum Gasteiger partial charge on any atom is 0.316 e. The summed E-state index contributed by atoms with van der Waals surface area (Å²) in [7, 11) is 1.27.